The van der Waals surface area contributed by atoms with Crippen molar-refractivity contribution in [1.82, 2.24) is 10.2 Å². The van der Waals surface area contributed by atoms with E-state index in [0.717, 1.165) is 26.5 Å². The molecule has 2 rings (SSSR count). The number of aromatic nitrogens is 2. The van der Waals surface area contributed by atoms with Gasteiger partial charge in [0.2, 0.25) is 0 Å². The summed E-state index contributed by atoms with van der Waals surface area (Å²) >= 11 is 10.9. The van der Waals surface area contributed by atoms with Crippen molar-refractivity contribution in [2.45, 2.75) is 6.42 Å². The van der Waals surface area contributed by atoms with E-state index >= 15 is 0 Å². The third-order valence-electron chi connectivity index (χ3n) is 1.99. The molecule has 2 N–H and O–H groups in total. The smallest absolute Gasteiger partial charge is 0.147 e. The predicted molar refractivity (Wildman–Crippen MR) is 70.8 cm³/mol. The lowest BCUT2D eigenvalue weighted by Crippen LogP contribution is -2.01. The van der Waals surface area contributed by atoms with Crippen LogP contribution in [0, 0.1) is 0 Å². The second kappa shape index (κ2) is 5.23. The molecule has 16 heavy (non-hydrogen) atoms. The Balaban J connectivity index is 2.31. The lowest BCUT2D eigenvalue weighted by molar-refractivity contribution is 0.913. The van der Waals surface area contributed by atoms with Gasteiger partial charge in [-0.2, -0.15) is 0 Å². The maximum atomic E-state index is 6.02. The van der Waals surface area contributed by atoms with Crippen LogP contribution in [0.15, 0.2) is 22.7 Å². The van der Waals surface area contributed by atoms with Gasteiger partial charge in [-0.3, -0.25) is 0 Å². The van der Waals surface area contributed by atoms with Crippen molar-refractivity contribution < 1.29 is 0 Å². The van der Waals surface area contributed by atoms with Gasteiger partial charge < -0.3 is 5.73 Å². The van der Waals surface area contributed by atoms with Crippen LogP contribution in [0.25, 0.3) is 10.6 Å². The number of hydrogen-bond donors (Lipinski definition) is 1. The van der Waals surface area contributed by atoms with Gasteiger partial charge in [-0.05, 0) is 34.6 Å². The molecule has 0 amide bonds. The van der Waals surface area contributed by atoms with Crippen LogP contribution >= 0.6 is 38.9 Å². The van der Waals surface area contributed by atoms with Gasteiger partial charge in [0.1, 0.15) is 10.0 Å². The first-order valence-electron chi connectivity index (χ1n) is 4.68. The summed E-state index contributed by atoms with van der Waals surface area (Å²) in [6.07, 6.45) is 0.766. The molecule has 0 aliphatic heterocycles. The standard InChI is InChI=1S/C10H9BrClN3S/c11-7-2-1-6(5-8(7)12)10-15-14-9(16-10)3-4-13/h1-2,5H,3-4,13H2. The number of hydrogen-bond acceptors (Lipinski definition) is 4. The Bertz CT molecular complexity index is 501. The van der Waals surface area contributed by atoms with Gasteiger partial charge in [0.15, 0.2) is 0 Å². The molecule has 0 aliphatic carbocycles. The zero-order valence-electron chi connectivity index (χ0n) is 8.28. The first-order valence-corrected chi connectivity index (χ1v) is 6.67. The van der Waals surface area contributed by atoms with Crippen molar-refractivity contribution in [2.24, 2.45) is 5.73 Å². The van der Waals surface area contributed by atoms with E-state index in [2.05, 4.69) is 26.1 Å². The first kappa shape index (κ1) is 12.0. The van der Waals surface area contributed by atoms with Gasteiger partial charge in [0, 0.05) is 16.5 Å². The van der Waals surface area contributed by atoms with Gasteiger partial charge in [-0.15, -0.1) is 10.2 Å². The van der Waals surface area contributed by atoms with E-state index in [1.165, 1.54) is 0 Å². The average molecular weight is 319 g/mol. The molecule has 1 heterocycles. The summed E-state index contributed by atoms with van der Waals surface area (Å²) in [6, 6.07) is 5.74. The van der Waals surface area contributed by atoms with Gasteiger partial charge in [-0.25, -0.2) is 0 Å². The fraction of sp³-hybridized carbons (Fsp3) is 0.200. The van der Waals surface area contributed by atoms with Crippen LogP contribution in [0.1, 0.15) is 5.01 Å². The number of nitrogens with zero attached hydrogens (tertiary/aromatic N) is 2. The summed E-state index contributed by atoms with van der Waals surface area (Å²) < 4.78 is 0.879. The van der Waals surface area contributed by atoms with Crippen molar-refractivity contribution in [3.63, 3.8) is 0 Å². The molecule has 0 bridgehead atoms. The van der Waals surface area contributed by atoms with Crippen LogP contribution in [0.2, 0.25) is 5.02 Å². The van der Waals surface area contributed by atoms with Crippen LogP contribution in [0.4, 0.5) is 0 Å². The van der Waals surface area contributed by atoms with E-state index in [4.69, 9.17) is 17.3 Å². The Morgan fingerprint density at radius 1 is 1.38 bits per heavy atom. The van der Waals surface area contributed by atoms with Crippen molar-refractivity contribution in [2.75, 3.05) is 6.54 Å². The molecule has 0 spiro atoms. The lowest BCUT2D eigenvalue weighted by Gasteiger charge is -1.98. The summed E-state index contributed by atoms with van der Waals surface area (Å²) in [7, 11) is 0. The quantitative estimate of drug-likeness (QED) is 0.946. The van der Waals surface area contributed by atoms with E-state index in [0.29, 0.717) is 11.6 Å². The van der Waals surface area contributed by atoms with Crippen LogP contribution in [0.5, 0.6) is 0 Å². The molecule has 3 nitrogen and oxygen atoms in total. The maximum Gasteiger partial charge on any atom is 0.147 e. The Kier molecular flexibility index (Phi) is 3.91. The first-order chi connectivity index (χ1) is 7.70. The number of halogens is 2. The molecule has 0 radical (unpaired) electrons. The van der Waals surface area contributed by atoms with Gasteiger partial charge in [0.25, 0.3) is 0 Å². The van der Waals surface area contributed by atoms with Crippen LogP contribution in [-0.2, 0) is 6.42 Å². The second-order valence-electron chi connectivity index (χ2n) is 3.17. The zero-order chi connectivity index (χ0) is 11.5. The Hall–Kier alpha value is -0.490. The van der Waals surface area contributed by atoms with Crippen molar-refractivity contribution in [1.29, 1.82) is 0 Å². The molecular weight excluding hydrogens is 310 g/mol. The number of nitrogens with two attached hydrogens (primary N) is 1. The lowest BCUT2D eigenvalue weighted by atomic mass is 10.2. The highest BCUT2D eigenvalue weighted by Gasteiger charge is 2.07. The van der Waals surface area contributed by atoms with Crippen molar-refractivity contribution in [3.8, 4) is 10.6 Å². The minimum absolute atomic E-state index is 0.593. The SMILES string of the molecule is NCCc1nnc(-c2ccc(Br)c(Cl)c2)s1. The molecule has 1 aromatic carbocycles. The Morgan fingerprint density at radius 2 is 2.19 bits per heavy atom. The van der Waals surface area contributed by atoms with Crippen LogP contribution < -0.4 is 5.73 Å². The molecule has 1 aromatic heterocycles. The summed E-state index contributed by atoms with van der Waals surface area (Å²) in [6.45, 7) is 0.593. The Morgan fingerprint density at radius 3 is 2.88 bits per heavy atom. The normalized spacial score (nSPS) is 10.7. The van der Waals surface area contributed by atoms with E-state index in [-0.39, 0.29) is 0 Å². The highest BCUT2D eigenvalue weighted by molar-refractivity contribution is 9.10. The van der Waals surface area contributed by atoms with Crippen molar-refractivity contribution in [3.05, 3.63) is 32.7 Å². The molecule has 0 unspecified atom stereocenters. The summed E-state index contributed by atoms with van der Waals surface area (Å²) in [5.41, 5.74) is 6.44. The summed E-state index contributed by atoms with van der Waals surface area (Å²) in [4.78, 5) is 0. The fourth-order valence-corrected chi connectivity index (χ4v) is 2.50. The molecule has 0 saturated heterocycles. The zero-order valence-corrected chi connectivity index (χ0v) is 11.4. The molecule has 0 fully saturated rings. The van der Waals surface area contributed by atoms with E-state index < -0.39 is 0 Å². The third-order valence-corrected chi connectivity index (χ3v) is 4.26. The highest BCUT2D eigenvalue weighted by Crippen LogP contribution is 2.30. The van der Waals surface area contributed by atoms with Gasteiger partial charge >= 0.3 is 0 Å². The molecule has 0 saturated carbocycles. The Labute approximate surface area is 111 Å². The fourth-order valence-electron chi connectivity index (χ4n) is 1.22. The summed E-state index contributed by atoms with van der Waals surface area (Å²) in [5.74, 6) is 0. The largest absolute Gasteiger partial charge is 0.330 e. The van der Waals surface area contributed by atoms with E-state index in [9.17, 15) is 0 Å². The van der Waals surface area contributed by atoms with Gasteiger partial charge in [-0.1, -0.05) is 29.0 Å². The number of benzene rings is 1. The van der Waals surface area contributed by atoms with Crippen molar-refractivity contribution >= 4 is 38.9 Å². The van der Waals surface area contributed by atoms with Gasteiger partial charge in [0.05, 0.1) is 5.02 Å². The molecule has 84 valence electrons. The number of rotatable bonds is 3. The van der Waals surface area contributed by atoms with E-state index in [1.54, 1.807) is 11.3 Å². The summed E-state index contributed by atoms with van der Waals surface area (Å²) in [5, 5.41) is 10.7. The maximum absolute atomic E-state index is 6.02. The minimum atomic E-state index is 0.593. The van der Waals surface area contributed by atoms with Crippen LogP contribution in [0.3, 0.4) is 0 Å². The second-order valence-corrected chi connectivity index (χ2v) is 5.49. The monoisotopic (exact) mass is 317 g/mol. The molecule has 6 heteroatoms. The molecular formula is C10H9BrClN3S. The topological polar surface area (TPSA) is 51.8 Å². The molecule has 0 atom stereocenters. The highest BCUT2D eigenvalue weighted by atomic mass is 79.9. The third kappa shape index (κ3) is 2.60. The van der Waals surface area contributed by atoms with Crippen LogP contribution in [-0.4, -0.2) is 16.7 Å². The van der Waals surface area contributed by atoms with E-state index in [1.807, 2.05) is 18.2 Å². The molecule has 2 aromatic rings. The minimum Gasteiger partial charge on any atom is -0.330 e. The predicted octanol–water partition coefficient (Wildman–Crippen LogP) is 3.12. The average Bonchev–Trinajstić information content (AvgIpc) is 2.71. The molecule has 0 aliphatic rings.